The quantitative estimate of drug-likeness (QED) is 0.448. The summed E-state index contributed by atoms with van der Waals surface area (Å²) in [5.74, 6) is 0.882. The average Bonchev–Trinajstić information content (AvgIpc) is 2.46. The van der Waals surface area contributed by atoms with E-state index in [1.54, 1.807) is 0 Å². The minimum absolute atomic E-state index is 0.267. The van der Waals surface area contributed by atoms with Crippen LogP contribution in [0.3, 0.4) is 0 Å². The number of guanidine groups is 1. The molecule has 1 aromatic rings. The molecule has 3 nitrogen and oxygen atoms in total. The first kappa shape index (κ1) is 15.5. The van der Waals surface area contributed by atoms with E-state index in [1.165, 1.54) is 31.2 Å². The molecule has 0 aliphatic carbocycles. The highest BCUT2D eigenvalue weighted by Gasteiger charge is 2.06. The highest BCUT2D eigenvalue weighted by Crippen LogP contribution is 2.10. The Morgan fingerprint density at radius 2 is 1.89 bits per heavy atom. The summed E-state index contributed by atoms with van der Waals surface area (Å²) in [5.41, 5.74) is 1.27. The van der Waals surface area contributed by atoms with Gasteiger partial charge in [-0.05, 0) is 18.9 Å². The van der Waals surface area contributed by atoms with Crippen LogP contribution in [0.1, 0.15) is 51.1 Å². The number of aliphatic imine (C=N–C) groups is 1. The van der Waals surface area contributed by atoms with Crippen molar-refractivity contribution >= 4 is 5.96 Å². The van der Waals surface area contributed by atoms with E-state index in [4.69, 9.17) is 0 Å². The van der Waals surface area contributed by atoms with Gasteiger partial charge in [0.05, 0.1) is 6.04 Å². The third-order valence-electron chi connectivity index (χ3n) is 3.20. The van der Waals surface area contributed by atoms with Crippen molar-refractivity contribution in [1.29, 1.82) is 0 Å². The highest BCUT2D eigenvalue weighted by molar-refractivity contribution is 5.80. The Morgan fingerprint density at radius 1 is 1.16 bits per heavy atom. The molecule has 3 heteroatoms. The van der Waals surface area contributed by atoms with E-state index in [0.717, 1.165) is 12.5 Å². The molecule has 0 fully saturated rings. The van der Waals surface area contributed by atoms with Crippen molar-refractivity contribution < 1.29 is 0 Å². The van der Waals surface area contributed by atoms with Crippen LogP contribution in [0.5, 0.6) is 0 Å². The molecular weight excluding hydrogens is 234 g/mol. The first-order valence-corrected chi connectivity index (χ1v) is 7.30. The number of rotatable bonds is 7. The first-order valence-electron chi connectivity index (χ1n) is 7.30. The van der Waals surface area contributed by atoms with Crippen LogP contribution in [0, 0.1) is 0 Å². The molecule has 0 radical (unpaired) electrons. The lowest BCUT2D eigenvalue weighted by molar-refractivity contribution is 0.634. The smallest absolute Gasteiger partial charge is 0.191 e. The second-order valence-corrected chi connectivity index (χ2v) is 4.84. The van der Waals surface area contributed by atoms with Crippen LogP contribution >= 0.6 is 0 Å². The fourth-order valence-corrected chi connectivity index (χ4v) is 1.98. The molecule has 0 saturated carbocycles. The number of benzene rings is 1. The van der Waals surface area contributed by atoms with E-state index < -0.39 is 0 Å². The summed E-state index contributed by atoms with van der Waals surface area (Å²) < 4.78 is 0. The second kappa shape index (κ2) is 9.42. The van der Waals surface area contributed by atoms with Gasteiger partial charge in [-0.3, -0.25) is 4.99 Å². The molecular formula is C16H27N3. The van der Waals surface area contributed by atoms with E-state index in [-0.39, 0.29) is 6.04 Å². The maximum Gasteiger partial charge on any atom is 0.191 e. The van der Waals surface area contributed by atoms with Crippen LogP contribution in [0.15, 0.2) is 35.3 Å². The van der Waals surface area contributed by atoms with Gasteiger partial charge in [-0.1, -0.05) is 56.5 Å². The predicted octanol–water partition coefficient (Wildman–Crippen LogP) is 3.49. The van der Waals surface area contributed by atoms with Gasteiger partial charge in [-0.15, -0.1) is 0 Å². The molecule has 106 valence electrons. The molecule has 0 aliphatic heterocycles. The van der Waals surface area contributed by atoms with Crippen LogP contribution < -0.4 is 10.6 Å². The molecule has 1 rings (SSSR count). The van der Waals surface area contributed by atoms with Crippen molar-refractivity contribution in [2.45, 2.75) is 45.6 Å². The first-order chi connectivity index (χ1) is 9.27. The van der Waals surface area contributed by atoms with E-state index >= 15 is 0 Å². The summed E-state index contributed by atoms with van der Waals surface area (Å²) in [6.07, 6.45) is 5.08. The summed E-state index contributed by atoms with van der Waals surface area (Å²) in [7, 11) is 1.82. The number of unbranched alkanes of at least 4 members (excludes halogenated alkanes) is 3. The standard InChI is InChI=1S/C16H27N3/c1-4-5-6-10-13-18-16(17-3)19-14(2)15-11-8-7-9-12-15/h7-9,11-12,14H,4-6,10,13H2,1-3H3,(H2,17,18,19). The van der Waals surface area contributed by atoms with Gasteiger partial charge in [-0.2, -0.15) is 0 Å². The minimum atomic E-state index is 0.267. The molecule has 0 aromatic heterocycles. The Balaban J connectivity index is 2.32. The zero-order valence-corrected chi connectivity index (χ0v) is 12.4. The lowest BCUT2D eigenvalue weighted by atomic mass is 10.1. The molecule has 0 spiro atoms. The largest absolute Gasteiger partial charge is 0.356 e. The van der Waals surface area contributed by atoms with Crippen molar-refractivity contribution in [2.24, 2.45) is 4.99 Å². The second-order valence-electron chi connectivity index (χ2n) is 4.84. The van der Waals surface area contributed by atoms with Crippen LogP contribution in [0.4, 0.5) is 0 Å². The number of nitrogens with zero attached hydrogens (tertiary/aromatic N) is 1. The van der Waals surface area contributed by atoms with Crippen molar-refractivity contribution in [3.05, 3.63) is 35.9 Å². The predicted molar refractivity (Wildman–Crippen MR) is 83.5 cm³/mol. The maximum atomic E-state index is 4.27. The van der Waals surface area contributed by atoms with Crippen molar-refractivity contribution in [3.63, 3.8) is 0 Å². The van der Waals surface area contributed by atoms with E-state index in [1.807, 2.05) is 13.1 Å². The summed E-state index contributed by atoms with van der Waals surface area (Å²) in [6.45, 7) is 5.37. The number of nitrogens with one attached hydrogen (secondary N) is 2. The van der Waals surface area contributed by atoms with Crippen LogP contribution in [0.25, 0.3) is 0 Å². The molecule has 2 N–H and O–H groups in total. The lowest BCUT2D eigenvalue weighted by Gasteiger charge is -2.18. The SMILES string of the molecule is CCCCCCNC(=NC)NC(C)c1ccccc1. The molecule has 0 amide bonds. The van der Waals surface area contributed by atoms with Gasteiger partial charge in [0.15, 0.2) is 5.96 Å². The summed E-state index contributed by atoms with van der Waals surface area (Å²) in [4.78, 5) is 4.27. The maximum absolute atomic E-state index is 4.27. The van der Waals surface area contributed by atoms with Gasteiger partial charge in [0.2, 0.25) is 0 Å². The summed E-state index contributed by atoms with van der Waals surface area (Å²) >= 11 is 0. The number of hydrogen-bond acceptors (Lipinski definition) is 1. The van der Waals surface area contributed by atoms with Gasteiger partial charge >= 0.3 is 0 Å². The molecule has 0 heterocycles. The summed E-state index contributed by atoms with van der Waals surface area (Å²) in [6, 6.07) is 10.7. The molecule has 1 atom stereocenters. The van der Waals surface area contributed by atoms with Crippen molar-refractivity contribution in [2.75, 3.05) is 13.6 Å². The van der Waals surface area contributed by atoms with E-state index in [9.17, 15) is 0 Å². The average molecular weight is 261 g/mol. The topological polar surface area (TPSA) is 36.4 Å². The highest BCUT2D eigenvalue weighted by atomic mass is 15.2. The normalized spacial score (nSPS) is 13.1. The Kier molecular flexibility index (Phi) is 7.71. The minimum Gasteiger partial charge on any atom is -0.356 e. The summed E-state index contributed by atoms with van der Waals surface area (Å²) in [5, 5.41) is 6.78. The molecule has 1 unspecified atom stereocenters. The fourth-order valence-electron chi connectivity index (χ4n) is 1.98. The van der Waals surface area contributed by atoms with Crippen molar-refractivity contribution in [1.82, 2.24) is 10.6 Å². The number of hydrogen-bond donors (Lipinski definition) is 2. The van der Waals surface area contributed by atoms with Gasteiger partial charge in [-0.25, -0.2) is 0 Å². The Labute approximate surface area is 117 Å². The van der Waals surface area contributed by atoms with E-state index in [0.29, 0.717) is 0 Å². The van der Waals surface area contributed by atoms with E-state index in [2.05, 4.69) is 53.7 Å². The third kappa shape index (κ3) is 6.27. The molecule has 0 aliphatic rings. The van der Waals surface area contributed by atoms with Gasteiger partial charge < -0.3 is 10.6 Å². The van der Waals surface area contributed by atoms with Gasteiger partial charge in [0.1, 0.15) is 0 Å². The van der Waals surface area contributed by atoms with Gasteiger partial charge in [0, 0.05) is 13.6 Å². The molecule has 19 heavy (non-hydrogen) atoms. The zero-order valence-electron chi connectivity index (χ0n) is 12.4. The molecule has 0 bridgehead atoms. The zero-order chi connectivity index (χ0) is 13.9. The van der Waals surface area contributed by atoms with Crippen LogP contribution in [-0.4, -0.2) is 19.6 Å². The Hall–Kier alpha value is -1.51. The van der Waals surface area contributed by atoms with Gasteiger partial charge in [0.25, 0.3) is 0 Å². The van der Waals surface area contributed by atoms with Crippen LogP contribution in [-0.2, 0) is 0 Å². The lowest BCUT2D eigenvalue weighted by Crippen LogP contribution is -2.39. The molecule has 1 aromatic carbocycles. The van der Waals surface area contributed by atoms with Crippen molar-refractivity contribution in [3.8, 4) is 0 Å². The third-order valence-corrected chi connectivity index (χ3v) is 3.20. The molecule has 0 saturated heterocycles. The van der Waals surface area contributed by atoms with Crippen LogP contribution in [0.2, 0.25) is 0 Å². The fraction of sp³-hybridized carbons (Fsp3) is 0.562. The Morgan fingerprint density at radius 3 is 2.53 bits per heavy atom. The Bertz CT molecular complexity index is 360. The monoisotopic (exact) mass is 261 g/mol.